The highest BCUT2D eigenvalue weighted by atomic mass is 35.5. The Labute approximate surface area is 169 Å². The number of hydrogen-bond donors (Lipinski definition) is 1. The minimum Gasteiger partial charge on any atom is -0.482 e. The second kappa shape index (κ2) is 9.03. The van der Waals surface area contributed by atoms with E-state index in [9.17, 15) is 9.59 Å². The SMILES string of the molecule is CCOC(=O)c1c(-c2cccs2)csc1NC(=O)COc1ccccc1Cl. The quantitative estimate of drug-likeness (QED) is 0.524. The van der Waals surface area contributed by atoms with E-state index in [4.69, 9.17) is 21.1 Å². The zero-order valence-corrected chi connectivity index (χ0v) is 16.7. The summed E-state index contributed by atoms with van der Waals surface area (Å²) >= 11 is 8.80. The molecule has 140 valence electrons. The Morgan fingerprint density at radius 2 is 1.96 bits per heavy atom. The van der Waals surface area contributed by atoms with E-state index >= 15 is 0 Å². The first-order valence-electron chi connectivity index (χ1n) is 8.09. The number of anilines is 1. The second-order valence-corrected chi connectivity index (χ2v) is 7.55. The zero-order chi connectivity index (χ0) is 19.2. The van der Waals surface area contributed by atoms with E-state index in [-0.39, 0.29) is 19.1 Å². The summed E-state index contributed by atoms with van der Waals surface area (Å²) in [6.45, 7) is 1.77. The van der Waals surface area contributed by atoms with Gasteiger partial charge in [-0.15, -0.1) is 22.7 Å². The topological polar surface area (TPSA) is 64.6 Å². The van der Waals surface area contributed by atoms with Crippen molar-refractivity contribution in [2.45, 2.75) is 6.92 Å². The van der Waals surface area contributed by atoms with Gasteiger partial charge in [-0.25, -0.2) is 4.79 Å². The molecule has 0 fully saturated rings. The molecule has 0 saturated heterocycles. The molecule has 0 unspecified atom stereocenters. The highest BCUT2D eigenvalue weighted by Crippen LogP contribution is 2.38. The molecule has 2 heterocycles. The van der Waals surface area contributed by atoms with Crippen molar-refractivity contribution in [2.24, 2.45) is 0 Å². The lowest BCUT2D eigenvalue weighted by Gasteiger charge is -2.09. The molecule has 8 heteroatoms. The Kier molecular flexibility index (Phi) is 6.49. The number of amides is 1. The fourth-order valence-electron chi connectivity index (χ4n) is 2.34. The first-order chi connectivity index (χ1) is 13.1. The van der Waals surface area contributed by atoms with Gasteiger partial charge in [0.05, 0.1) is 11.6 Å². The van der Waals surface area contributed by atoms with E-state index in [1.165, 1.54) is 22.7 Å². The van der Waals surface area contributed by atoms with Crippen molar-refractivity contribution in [3.8, 4) is 16.2 Å². The van der Waals surface area contributed by atoms with Crippen LogP contribution in [0.2, 0.25) is 5.02 Å². The maximum absolute atomic E-state index is 12.4. The molecule has 2 aromatic heterocycles. The Morgan fingerprint density at radius 1 is 1.15 bits per heavy atom. The van der Waals surface area contributed by atoms with Crippen molar-refractivity contribution in [1.29, 1.82) is 0 Å². The normalized spacial score (nSPS) is 10.4. The first-order valence-corrected chi connectivity index (χ1v) is 10.2. The van der Waals surface area contributed by atoms with Crippen LogP contribution in [0.1, 0.15) is 17.3 Å². The van der Waals surface area contributed by atoms with Crippen LogP contribution in [0.15, 0.2) is 47.2 Å². The summed E-state index contributed by atoms with van der Waals surface area (Å²) in [5, 5.41) is 7.36. The van der Waals surface area contributed by atoms with Gasteiger partial charge in [0.25, 0.3) is 5.91 Å². The highest BCUT2D eigenvalue weighted by molar-refractivity contribution is 7.17. The number of benzene rings is 1. The maximum atomic E-state index is 12.4. The van der Waals surface area contributed by atoms with Crippen LogP contribution >= 0.6 is 34.3 Å². The van der Waals surface area contributed by atoms with E-state index in [1.807, 2.05) is 22.9 Å². The van der Waals surface area contributed by atoms with E-state index < -0.39 is 5.97 Å². The van der Waals surface area contributed by atoms with Gasteiger partial charge in [0.2, 0.25) is 0 Å². The Bertz CT molecular complexity index is 937. The van der Waals surface area contributed by atoms with Gasteiger partial charge in [-0.05, 0) is 30.5 Å². The molecule has 0 radical (unpaired) electrons. The van der Waals surface area contributed by atoms with Gasteiger partial charge in [-0.2, -0.15) is 0 Å². The molecule has 1 aromatic carbocycles. The number of esters is 1. The minimum absolute atomic E-state index is 0.224. The van der Waals surface area contributed by atoms with Gasteiger partial charge in [0.15, 0.2) is 6.61 Å². The number of rotatable bonds is 7. The van der Waals surface area contributed by atoms with Crippen LogP contribution in [0.4, 0.5) is 5.00 Å². The fraction of sp³-hybridized carbons (Fsp3) is 0.158. The van der Waals surface area contributed by atoms with Crippen molar-refractivity contribution >= 4 is 51.2 Å². The van der Waals surface area contributed by atoms with Crippen molar-refractivity contribution < 1.29 is 19.1 Å². The van der Waals surface area contributed by atoms with Gasteiger partial charge < -0.3 is 14.8 Å². The molecule has 3 rings (SSSR count). The van der Waals surface area contributed by atoms with Gasteiger partial charge >= 0.3 is 5.97 Å². The molecule has 27 heavy (non-hydrogen) atoms. The third-order valence-corrected chi connectivity index (χ3v) is 5.62. The molecular formula is C19H16ClNO4S2. The molecule has 0 saturated carbocycles. The summed E-state index contributed by atoms with van der Waals surface area (Å²) in [5.41, 5.74) is 1.10. The lowest BCUT2D eigenvalue weighted by Crippen LogP contribution is -2.21. The number of para-hydroxylation sites is 1. The summed E-state index contributed by atoms with van der Waals surface area (Å²) in [5.74, 6) is -0.435. The monoisotopic (exact) mass is 421 g/mol. The molecule has 1 N–H and O–H groups in total. The lowest BCUT2D eigenvalue weighted by molar-refractivity contribution is -0.118. The number of halogens is 1. The zero-order valence-electron chi connectivity index (χ0n) is 14.4. The average molecular weight is 422 g/mol. The predicted octanol–water partition coefficient (Wildman–Crippen LogP) is 5.32. The molecule has 0 spiro atoms. The van der Waals surface area contributed by atoms with Crippen LogP contribution < -0.4 is 10.1 Å². The van der Waals surface area contributed by atoms with Crippen molar-refractivity contribution in [1.82, 2.24) is 0 Å². The average Bonchev–Trinajstić information content (AvgIpc) is 3.30. The molecule has 0 aliphatic rings. The smallest absolute Gasteiger partial charge is 0.341 e. The summed E-state index contributed by atoms with van der Waals surface area (Å²) in [6, 6.07) is 10.7. The number of nitrogens with one attached hydrogen (secondary N) is 1. The molecule has 1 amide bonds. The summed E-state index contributed by atoms with van der Waals surface area (Å²) in [7, 11) is 0. The number of carbonyl (C=O) groups excluding carboxylic acids is 2. The Morgan fingerprint density at radius 3 is 2.67 bits per heavy atom. The molecule has 5 nitrogen and oxygen atoms in total. The summed E-state index contributed by atoms with van der Waals surface area (Å²) in [6.07, 6.45) is 0. The molecular weight excluding hydrogens is 406 g/mol. The molecule has 0 bridgehead atoms. The van der Waals surface area contributed by atoms with Gasteiger partial charge in [-0.1, -0.05) is 29.8 Å². The number of thiophene rings is 2. The van der Waals surface area contributed by atoms with Crippen LogP contribution in [0.25, 0.3) is 10.4 Å². The number of hydrogen-bond acceptors (Lipinski definition) is 6. The number of ether oxygens (including phenoxy) is 2. The Hall–Kier alpha value is -2.35. The maximum Gasteiger partial charge on any atom is 0.341 e. The van der Waals surface area contributed by atoms with Crippen molar-refractivity contribution in [2.75, 3.05) is 18.5 Å². The third-order valence-electron chi connectivity index (χ3n) is 3.51. The van der Waals surface area contributed by atoms with E-state index in [0.29, 0.717) is 21.3 Å². The fourth-order valence-corrected chi connectivity index (χ4v) is 4.31. The predicted molar refractivity (Wildman–Crippen MR) is 109 cm³/mol. The molecule has 3 aromatic rings. The van der Waals surface area contributed by atoms with Crippen molar-refractivity contribution in [3.63, 3.8) is 0 Å². The third kappa shape index (κ3) is 4.68. The van der Waals surface area contributed by atoms with Crippen molar-refractivity contribution in [3.05, 3.63) is 57.7 Å². The van der Waals surface area contributed by atoms with Gasteiger partial charge in [0, 0.05) is 15.8 Å². The van der Waals surface area contributed by atoms with Crippen LogP contribution in [-0.4, -0.2) is 25.1 Å². The molecule has 0 aliphatic heterocycles. The minimum atomic E-state index is -0.468. The van der Waals surface area contributed by atoms with Crippen LogP contribution in [0, 0.1) is 0 Å². The molecule has 0 aliphatic carbocycles. The number of carbonyl (C=O) groups is 2. The highest BCUT2D eigenvalue weighted by Gasteiger charge is 2.23. The van der Waals surface area contributed by atoms with Crippen LogP contribution in [-0.2, 0) is 9.53 Å². The van der Waals surface area contributed by atoms with Gasteiger partial charge in [0.1, 0.15) is 16.3 Å². The first kappa shape index (κ1) is 19.4. The largest absolute Gasteiger partial charge is 0.482 e. The standard InChI is InChI=1S/C19H16ClNO4S2/c1-2-24-19(23)17-12(15-8-5-9-26-15)11-27-18(17)21-16(22)10-25-14-7-4-3-6-13(14)20/h3-9,11H,2,10H2,1H3,(H,21,22). The summed E-state index contributed by atoms with van der Waals surface area (Å²) < 4.78 is 10.6. The van der Waals surface area contributed by atoms with Crippen LogP contribution in [0.3, 0.4) is 0 Å². The second-order valence-electron chi connectivity index (χ2n) is 5.32. The van der Waals surface area contributed by atoms with Crippen LogP contribution in [0.5, 0.6) is 5.75 Å². The lowest BCUT2D eigenvalue weighted by atomic mass is 10.1. The Balaban J connectivity index is 1.77. The van der Waals surface area contributed by atoms with E-state index in [1.54, 1.807) is 31.2 Å². The van der Waals surface area contributed by atoms with E-state index in [2.05, 4.69) is 5.32 Å². The molecule has 0 atom stereocenters. The van der Waals surface area contributed by atoms with E-state index in [0.717, 1.165) is 10.4 Å². The summed E-state index contributed by atoms with van der Waals surface area (Å²) in [4.78, 5) is 25.7. The van der Waals surface area contributed by atoms with Gasteiger partial charge in [-0.3, -0.25) is 4.79 Å².